The first kappa shape index (κ1) is 24.2. The van der Waals surface area contributed by atoms with Crippen LogP contribution in [0.15, 0.2) is 18.2 Å². The van der Waals surface area contributed by atoms with Crippen molar-refractivity contribution < 1.29 is 28.5 Å². The molecule has 0 saturated carbocycles. The summed E-state index contributed by atoms with van der Waals surface area (Å²) in [6.45, 7) is 10.8. The van der Waals surface area contributed by atoms with Crippen LogP contribution >= 0.6 is 0 Å². The summed E-state index contributed by atoms with van der Waals surface area (Å²) in [5, 5.41) is 3.82. The Hall–Kier alpha value is -3.10. The van der Waals surface area contributed by atoms with Crippen LogP contribution in [0.3, 0.4) is 0 Å². The van der Waals surface area contributed by atoms with Crippen LogP contribution in [0.1, 0.15) is 47.4 Å². The van der Waals surface area contributed by atoms with Crippen LogP contribution in [-0.2, 0) is 25.4 Å². The maximum Gasteiger partial charge on any atom is 0.508 e. The van der Waals surface area contributed by atoms with Crippen LogP contribution in [0, 0.1) is 0 Å². The number of aryl methyl sites for hydroxylation is 1. The molecule has 0 fully saturated rings. The summed E-state index contributed by atoms with van der Waals surface area (Å²) < 4.78 is 20.8. The van der Waals surface area contributed by atoms with Crippen molar-refractivity contribution in [3.05, 3.63) is 24.0 Å². The molecule has 0 saturated heterocycles. The third-order valence-corrected chi connectivity index (χ3v) is 4.11. The molecule has 170 valence electrons. The van der Waals surface area contributed by atoms with E-state index in [2.05, 4.69) is 15.3 Å². The average Bonchev–Trinajstić information content (AvgIpc) is 2.68. The number of anilines is 1. The molecular weight excluding hydrogens is 402 g/mol. The summed E-state index contributed by atoms with van der Waals surface area (Å²) in [5.41, 5.74) is -0.158. The molecule has 0 aliphatic heterocycles. The van der Waals surface area contributed by atoms with Gasteiger partial charge in [-0.15, -0.1) is 0 Å². The Kier molecular flexibility index (Phi) is 7.65. The fraction of sp³-hybridized carbons (Fsp3) is 0.545. The number of rotatable bonds is 8. The van der Waals surface area contributed by atoms with Gasteiger partial charge >= 0.3 is 12.1 Å². The van der Waals surface area contributed by atoms with Crippen LogP contribution in [0.5, 0.6) is 5.88 Å². The van der Waals surface area contributed by atoms with Gasteiger partial charge in [-0.3, -0.25) is 0 Å². The number of hydrogen-bond acceptors (Lipinski definition) is 9. The van der Waals surface area contributed by atoms with E-state index >= 15 is 0 Å². The van der Waals surface area contributed by atoms with E-state index in [9.17, 15) is 9.59 Å². The van der Waals surface area contributed by atoms with Crippen molar-refractivity contribution in [1.29, 1.82) is 0 Å². The molecule has 1 N–H and O–H groups in total. The Morgan fingerprint density at radius 1 is 1.06 bits per heavy atom. The van der Waals surface area contributed by atoms with Gasteiger partial charge in [0.2, 0.25) is 5.88 Å². The number of carbonyl (C=O) groups is 2. The van der Waals surface area contributed by atoms with Gasteiger partial charge in [0.1, 0.15) is 30.2 Å². The number of ether oxygens (including phenoxy) is 4. The summed E-state index contributed by atoms with van der Waals surface area (Å²) in [6.07, 6.45) is -0.120. The largest absolute Gasteiger partial charge is 0.508 e. The van der Waals surface area contributed by atoms with Gasteiger partial charge in [-0.1, -0.05) is 6.92 Å². The summed E-state index contributed by atoms with van der Waals surface area (Å²) >= 11 is 0. The molecule has 2 rings (SSSR count). The number of nitrogens with one attached hydrogen (secondary N) is 1. The van der Waals surface area contributed by atoms with Gasteiger partial charge in [0.25, 0.3) is 0 Å². The quantitative estimate of drug-likeness (QED) is 0.490. The Morgan fingerprint density at radius 2 is 1.77 bits per heavy atom. The lowest BCUT2D eigenvalue weighted by Gasteiger charge is -2.24. The van der Waals surface area contributed by atoms with Gasteiger partial charge in [0.05, 0.1) is 18.0 Å². The fourth-order valence-corrected chi connectivity index (χ4v) is 2.70. The van der Waals surface area contributed by atoms with Crippen molar-refractivity contribution in [3.8, 4) is 5.88 Å². The van der Waals surface area contributed by atoms with Crippen molar-refractivity contribution in [2.75, 3.05) is 25.6 Å². The molecule has 0 radical (unpaired) electrons. The molecule has 0 bridgehead atoms. The van der Waals surface area contributed by atoms with Crippen LogP contribution in [-0.4, -0.2) is 53.6 Å². The van der Waals surface area contributed by atoms with Crippen molar-refractivity contribution in [3.63, 3.8) is 0 Å². The van der Waals surface area contributed by atoms with Gasteiger partial charge in [0.15, 0.2) is 0 Å². The third kappa shape index (κ3) is 6.97. The molecule has 0 unspecified atom stereocenters. The van der Waals surface area contributed by atoms with Gasteiger partial charge < -0.3 is 24.3 Å². The van der Waals surface area contributed by atoms with Gasteiger partial charge in [0, 0.05) is 12.1 Å². The summed E-state index contributed by atoms with van der Waals surface area (Å²) in [5.74, 6) is 0.612. The lowest BCUT2D eigenvalue weighted by molar-refractivity contribution is -0.144. The predicted molar refractivity (Wildman–Crippen MR) is 116 cm³/mol. The van der Waals surface area contributed by atoms with Crippen LogP contribution < -0.4 is 10.1 Å². The van der Waals surface area contributed by atoms with E-state index in [0.717, 1.165) is 0 Å². The predicted octanol–water partition coefficient (Wildman–Crippen LogP) is 3.89. The molecule has 31 heavy (non-hydrogen) atoms. The monoisotopic (exact) mass is 433 g/mol. The van der Waals surface area contributed by atoms with E-state index < -0.39 is 17.3 Å². The standard InChI is InChI=1S/C22H31N3O6/c1-8-17-23-16-10-9-14(25-22(5,6)19(26)28-7)13-15(16)18(24-17)29-11-12-30-20(27)31-21(2,3)4/h9-10,13,25H,8,11-12H2,1-7H3. The molecule has 1 heterocycles. The minimum Gasteiger partial charge on any atom is -0.474 e. The molecule has 0 amide bonds. The Morgan fingerprint density at radius 3 is 2.39 bits per heavy atom. The average molecular weight is 434 g/mol. The van der Waals surface area contributed by atoms with Crippen LogP contribution in [0.25, 0.3) is 10.9 Å². The second-order valence-corrected chi connectivity index (χ2v) is 8.43. The number of methoxy groups -OCH3 is 1. The highest BCUT2D eigenvalue weighted by Crippen LogP contribution is 2.27. The van der Waals surface area contributed by atoms with Crippen molar-refractivity contribution in [1.82, 2.24) is 9.97 Å². The van der Waals surface area contributed by atoms with E-state index in [1.165, 1.54) is 7.11 Å². The highest BCUT2D eigenvalue weighted by atomic mass is 16.7. The molecule has 0 aliphatic rings. The highest BCUT2D eigenvalue weighted by Gasteiger charge is 2.28. The lowest BCUT2D eigenvalue weighted by atomic mass is 10.1. The van der Waals surface area contributed by atoms with Crippen LogP contribution in [0.2, 0.25) is 0 Å². The summed E-state index contributed by atoms with van der Waals surface area (Å²) in [7, 11) is 1.34. The number of nitrogens with zero attached hydrogens (tertiary/aromatic N) is 2. The topological polar surface area (TPSA) is 109 Å². The van der Waals surface area contributed by atoms with Gasteiger partial charge in [-0.05, 0) is 52.8 Å². The summed E-state index contributed by atoms with van der Waals surface area (Å²) in [4.78, 5) is 32.6. The fourth-order valence-electron chi connectivity index (χ4n) is 2.70. The lowest BCUT2D eigenvalue weighted by Crippen LogP contribution is -2.41. The van der Waals surface area contributed by atoms with E-state index in [0.29, 0.717) is 34.7 Å². The van der Waals surface area contributed by atoms with Crippen LogP contribution in [0.4, 0.5) is 10.5 Å². The zero-order chi connectivity index (χ0) is 23.2. The zero-order valence-electron chi connectivity index (χ0n) is 19.2. The smallest absolute Gasteiger partial charge is 0.474 e. The minimum atomic E-state index is -0.922. The second-order valence-electron chi connectivity index (χ2n) is 8.43. The van der Waals surface area contributed by atoms with E-state index in [1.54, 1.807) is 34.6 Å². The number of aromatic nitrogens is 2. The molecule has 0 atom stereocenters. The van der Waals surface area contributed by atoms with Crippen molar-refractivity contribution in [2.45, 2.75) is 59.1 Å². The number of carbonyl (C=O) groups excluding carboxylic acids is 2. The third-order valence-electron chi connectivity index (χ3n) is 4.11. The van der Waals surface area contributed by atoms with E-state index in [1.807, 2.05) is 25.1 Å². The zero-order valence-corrected chi connectivity index (χ0v) is 19.2. The van der Waals surface area contributed by atoms with Gasteiger partial charge in [-0.25, -0.2) is 14.6 Å². The molecule has 9 nitrogen and oxygen atoms in total. The molecular formula is C22H31N3O6. The number of esters is 1. The van der Waals surface area contributed by atoms with Crippen molar-refractivity contribution >= 4 is 28.7 Å². The molecule has 9 heteroatoms. The minimum absolute atomic E-state index is 0.00911. The molecule has 0 aliphatic carbocycles. The first-order valence-corrected chi connectivity index (χ1v) is 10.1. The highest BCUT2D eigenvalue weighted by molar-refractivity contribution is 5.89. The second kappa shape index (κ2) is 9.80. The Labute approximate surface area is 182 Å². The number of benzene rings is 1. The Bertz CT molecular complexity index is 937. The Balaban J connectivity index is 2.18. The van der Waals surface area contributed by atoms with E-state index in [-0.39, 0.29) is 19.2 Å². The molecule has 1 aromatic carbocycles. The normalized spacial score (nSPS) is 11.7. The molecule has 1 aromatic heterocycles. The maximum atomic E-state index is 12.0. The number of fused-ring (bicyclic) bond motifs is 1. The molecule has 0 spiro atoms. The van der Waals surface area contributed by atoms with Gasteiger partial charge in [-0.2, -0.15) is 4.98 Å². The first-order valence-electron chi connectivity index (χ1n) is 10.1. The summed E-state index contributed by atoms with van der Waals surface area (Å²) in [6, 6.07) is 5.47. The first-order chi connectivity index (χ1) is 14.4. The van der Waals surface area contributed by atoms with E-state index in [4.69, 9.17) is 18.9 Å². The number of hydrogen-bond donors (Lipinski definition) is 1. The SMILES string of the molecule is CCc1nc(OCCOC(=O)OC(C)(C)C)c2cc(NC(C)(C)C(=O)OC)ccc2n1. The maximum absolute atomic E-state index is 12.0. The van der Waals surface area contributed by atoms with Crippen molar-refractivity contribution in [2.24, 2.45) is 0 Å². The molecule has 2 aromatic rings.